The van der Waals surface area contributed by atoms with Crippen molar-refractivity contribution >= 4 is 34.3 Å². The molecule has 2 aromatic carbocycles. The second-order valence-electron chi connectivity index (χ2n) is 4.62. The Hall–Kier alpha value is -3.35. The highest BCUT2D eigenvalue weighted by Crippen LogP contribution is 2.17. The van der Waals surface area contributed by atoms with Crippen LogP contribution in [-0.4, -0.2) is 21.9 Å². The van der Waals surface area contributed by atoms with E-state index in [0.29, 0.717) is 11.4 Å². The highest BCUT2D eigenvalue weighted by atomic mass is 16.2. The van der Waals surface area contributed by atoms with Crippen molar-refractivity contribution in [3.8, 4) is 0 Å². The fourth-order valence-corrected chi connectivity index (χ4v) is 2.10. The molecule has 0 spiro atoms. The molecule has 3 rings (SSSR count). The summed E-state index contributed by atoms with van der Waals surface area (Å²) in [5.74, 6) is -0.602. The van der Waals surface area contributed by atoms with Crippen molar-refractivity contribution in [3.05, 3.63) is 54.4 Å². The molecule has 0 aliphatic heterocycles. The predicted octanol–water partition coefficient (Wildman–Crippen LogP) is 2.31. The van der Waals surface area contributed by atoms with Gasteiger partial charge in [0.1, 0.15) is 0 Å². The van der Waals surface area contributed by atoms with E-state index in [2.05, 4.69) is 20.6 Å². The van der Waals surface area contributed by atoms with Gasteiger partial charge in [-0.1, -0.05) is 12.1 Å². The van der Waals surface area contributed by atoms with Gasteiger partial charge >= 0.3 is 6.03 Å². The first-order valence-corrected chi connectivity index (χ1v) is 6.53. The Bertz CT molecular complexity index is 856. The molecule has 0 bridgehead atoms. The average molecular weight is 295 g/mol. The fourth-order valence-electron chi connectivity index (χ4n) is 2.10. The van der Waals surface area contributed by atoms with Crippen LogP contribution in [0.2, 0.25) is 0 Å². The lowest BCUT2D eigenvalue weighted by atomic mass is 10.1. The Labute approximate surface area is 125 Å². The normalized spacial score (nSPS) is 10.4. The molecule has 0 radical (unpaired) electrons. The summed E-state index contributed by atoms with van der Waals surface area (Å²) >= 11 is 0. The first-order chi connectivity index (χ1) is 10.6. The van der Waals surface area contributed by atoms with Gasteiger partial charge in [0.15, 0.2) is 0 Å². The van der Waals surface area contributed by atoms with E-state index in [4.69, 9.17) is 5.73 Å². The van der Waals surface area contributed by atoms with Gasteiger partial charge in [-0.05, 0) is 30.3 Å². The molecule has 0 saturated carbocycles. The third-order valence-electron chi connectivity index (χ3n) is 3.12. The Kier molecular flexibility index (Phi) is 3.45. The number of carbonyl (C=O) groups is 2. The minimum absolute atomic E-state index is 0.252. The molecule has 0 atom stereocenters. The molecule has 3 amide bonds. The highest BCUT2D eigenvalue weighted by molar-refractivity contribution is 6.06. The van der Waals surface area contributed by atoms with Crippen LogP contribution in [0.1, 0.15) is 10.4 Å². The van der Waals surface area contributed by atoms with Crippen molar-refractivity contribution in [1.82, 2.24) is 9.97 Å². The van der Waals surface area contributed by atoms with Crippen LogP contribution in [0.25, 0.3) is 11.0 Å². The monoisotopic (exact) mass is 295 g/mol. The zero-order valence-corrected chi connectivity index (χ0v) is 11.5. The number of nitrogens with one attached hydrogen (secondary N) is 3. The number of primary amides is 1. The summed E-state index contributed by atoms with van der Waals surface area (Å²) in [5, 5.41) is 5.29. The lowest BCUT2D eigenvalue weighted by molar-refractivity contribution is 0.100. The number of carbonyl (C=O) groups excluding carboxylic acids is 2. The van der Waals surface area contributed by atoms with Gasteiger partial charge in [0.05, 0.1) is 28.6 Å². The summed E-state index contributed by atoms with van der Waals surface area (Å²) < 4.78 is 0. The third-order valence-corrected chi connectivity index (χ3v) is 3.12. The molecule has 1 heterocycles. The van der Waals surface area contributed by atoms with Crippen LogP contribution in [0.5, 0.6) is 0 Å². The Balaban J connectivity index is 1.76. The van der Waals surface area contributed by atoms with E-state index in [1.807, 2.05) is 0 Å². The minimum atomic E-state index is -0.602. The number of nitrogens with two attached hydrogens (primary N) is 1. The van der Waals surface area contributed by atoms with Crippen molar-refractivity contribution < 1.29 is 9.59 Å². The maximum atomic E-state index is 12.0. The van der Waals surface area contributed by atoms with Crippen LogP contribution in [-0.2, 0) is 0 Å². The lowest BCUT2D eigenvalue weighted by Gasteiger charge is -2.10. The molecule has 7 heteroatoms. The zero-order chi connectivity index (χ0) is 15.5. The number of fused-ring (bicyclic) bond motifs is 1. The standard InChI is InChI=1S/C15H13N5O2/c16-14(21)10-3-1-2-4-11(10)20-15(22)19-9-5-6-12-13(7-9)18-8-17-12/h1-8H,(H2,16,21)(H,17,18)(H2,19,20,22). The molecule has 3 aromatic rings. The number of urea groups is 1. The zero-order valence-electron chi connectivity index (χ0n) is 11.5. The van der Waals surface area contributed by atoms with Gasteiger partial charge in [-0.25, -0.2) is 9.78 Å². The summed E-state index contributed by atoms with van der Waals surface area (Å²) in [7, 11) is 0. The van der Waals surface area contributed by atoms with Gasteiger partial charge in [-0.15, -0.1) is 0 Å². The van der Waals surface area contributed by atoms with Crippen molar-refractivity contribution in [2.45, 2.75) is 0 Å². The molecular formula is C15H13N5O2. The predicted molar refractivity (Wildman–Crippen MR) is 83.7 cm³/mol. The Morgan fingerprint density at radius 2 is 1.91 bits per heavy atom. The Morgan fingerprint density at radius 1 is 1.09 bits per heavy atom. The van der Waals surface area contributed by atoms with Crippen molar-refractivity contribution in [1.29, 1.82) is 0 Å². The molecule has 0 unspecified atom stereocenters. The number of aromatic amines is 1. The van der Waals surface area contributed by atoms with E-state index in [-0.39, 0.29) is 5.56 Å². The highest BCUT2D eigenvalue weighted by Gasteiger charge is 2.10. The van der Waals surface area contributed by atoms with Gasteiger partial charge in [0, 0.05) is 5.69 Å². The van der Waals surface area contributed by atoms with Crippen molar-refractivity contribution in [2.75, 3.05) is 10.6 Å². The molecule has 5 N–H and O–H groups in total. The molecule has 0 saturated heterocycles. The first-order valence-electron chi connectivity index (χ1n) is 6.53. The number of hydrogen-bond acceptors (Lipinski definition) is 3. The quantitative estimate of drug-likeness (QED) is 0.594. The molecule has 0 aliphatic carbocycles. The SMILES string of the molecule is NC(=O)c1ccccc1NC(=O)Nc1ccc2nc[nH]c2c1. The fraction of sp³-hybridized carbons (Fsp3) is 0. The van der Waals surface area contributed by atoms with E-state index >= 15 is 0 Å². The molecule has 110 valence electrons. The van der Waals surface area contributed by atoms with Crippen LogP contribution in [0.3, 0.4) is 0 Å². The number of amides is 3. The number of H-pyrrole nitrogens is 1. The maximum Gasteiger partial charge on any atom is 0.323 e. The van der Waals surface area contributed by atoms with E-state index in [9.17, 15) is 9.59 Å². The van der Waals surface area contributed by atoms with Crippen LogP contribution in [0, 0.1) is 0 Å². The summed E-state index contributed by atoms with van der Waals surface area (Å²) in [4.78, 5) is 30.4. The van der Waals surface area contributed by atoms with Crippen LogP contribution >= 0.6 is 0 Å². The number of aromatic nitrogens is 2. The molecule has 0 fully saturated rings. The lowest BCUT2D eigenvalue weighted by Crippen LogP contribution is -2.22. The number of anilines is 2. The molecular weight excluding hydrogens is 282 g/mol. The van der Waals surface area contributed by atoms with Crippen molar-refractivity contribution in [2.24, 2.45) is 5.73 Å². The third kappa shape index (κ3) is 2.73. The summed E-state index contributed by atoms with van der Waals surface area (Å²) in [5.41, 5.74) is 8.11. The van der Waals surface area contributed by atoms with Crippen LogP contribution in [0.4, 0.5) is 16.2 Å². The van der Waals surface area contributed by atoms with Gasteiger partial charge in [0.25, 0.3) is 5.91 Å². The van der Waals surface area contributed by atoms with Crippen molar-refractivity contribution in [3.63, 3.8) is 0 Å². The number of rotatable bonds is 3. The van der Waals surface area contributed by atoms with Gasteiger partial charge in [-0.3, -0.25) is 4.79 Å². The summed E-state index contributed by atoms with van der Waals surface area (Å²) in [6, 6.07) is 11.4. The second kappa shape index (κ2) is 5.57. The summed E-state index contributed by atoms with van der Waals surface area (Å²) in [6.07, 6.45) is 1.58. The largest absolute Gasteiger partial charge is 0.366 e. The second-order valence-corrected chi connectivity index (χ2v) is 4.62. The van der Waals surface area contributed by atoms with E-state index in [1.54, 1.807) is 48.8 Å². The smallest absolute Gasteiger partial charge is 0.323 e. The number of imidazole rings is 1. The average Bonchev–Trinajstić information content (AvgIpc) is 2.95. The minimum Gasteiger partial charge on any atom is -0.366 e. The number of benzene rings is 2. The van der Waals surface area contributed by atoms with Crippen LogP contribution in [0.15, 0.2) is 48.8 Å². The topological polar surface area (TPSA) is 113 Å². The number of nitrogens with zero attached hydrogens (tertiary/aromatic N) is 1. The molecule has 7 nitrogen and oxygen atoms in total. The number of para-hydroxylation sites is 1. The van der Waals surface area contributed by atoms with Gasteiger partial charge in [-0.2, -0.15) is 0 Å². The van der Waals surface area contributed by atoms with E-state index in [1.165, 1.54) is 0 Å². The molecule has 22 heavy (non-hydrogen) atoms. The molecule has 1 aromatic heterocycles. The van der Waals surface area contributed by atoms with Crippen LogP contribution < -0.4 is 16.4 Å². The first kappa shape index (κ1) is 13.6. The van der Waals surface area contributed by atoms with E-state index < -0.39 is 11.9 Å². The molecule has 0 aliphatic rings. The van der Waals surface area contributed by atoms with Gasteiger partial charge in [0.2, 0.25) is 0 Å². The summed E-state index contributed by atoms with van der Waals surface area (Å²) in [6.45, 7) is 0. The maximum absolute atomic E-state index is 12.0. The Morgan fingerprint density at radius 3 is 2.73 bits per heavy atom. The van der Waals surface area contributed by atoms with Gasteiger partial charge < -0.3 is 21.4 Å². The number of hydrogen-bond donors (Lipinski definition) is 4. The van der Waals surface area contributed by atoms with E-state index in [0.717, 1.165) is 11.0 Å².